The van der Waals surface area contributed by atoms with Gasteiger partial charge in [0, 0.05) is 12.3 Å². The van der Waals surface area contributed by atoms with E-state index in [4.69, 9.17) is 0 Å². The highest BCUT2D eigenvalue weighted by molar-refractivity contribution is 5.99. The van der Waals surface area contributed by atoms with Crippen molar-refractivity contribution in [3.8, 4) is 5.82 Å². The number of rotatable bonds is 6. The molecule has 9 nitrogen and oxygen atoms in total. The van der Waals surface area contributed by atoms with Crippen molar-refractivity contribution >= 4 is 28.7 Å². The van der Waals surface area contributed by atoms with E-state index in [9.17, 15) is 41.4 Å². The lowest BCUT2D eigenvalue weighted by molar-refractivity contribution is -0.156. The van der Waals surface area contributed by atoms with Crippen LogP contribution in [0.15, 0.2) is 35.4 Å². The van der Waals surface area contributed by atoms with Crippen LogP contribution in [0.2, 0.25) is 0 Å². The highest BCUT2D eigenvalue weighted by Crippen LogP contribution is 2.27. The Kier molecular flexibility index (Phi) is 7.19. The second-order valence-electron chi connectivity index (χ2n) is 9.30. The van der Waals surface area contributed by atoms with Gasteiger partial charge in [-0.25, -0.2) is 18.7 Å². The van der Waals surface area contributed by atoms with Crippen LogP contribution in [-0.2, 0) is 4.79 Å². The number of hydrogen-bond acceptors (Lipinski definition) is 6. The topological polar surface area (TPSA) is 117 Å². The van der Waals surface area contributed by atoms with Crippen molar-refractivity contribution in [2.45, 2.75) is 45.0 Å². The van der Waals surface area contributed by atoms with Gasteiger partial charge in [0.15, 0.2) is 17.3 Å². The highest BCUT2D eigenvalue weighted by atomic mass is 19.4. The van der Waals surface area contributed by atoms with E-state index in [1.165, 1.54) is 26.0 Å². The largest absolute Gasteiger partial charge is 0.408 e. The predicted molar refractivity (Wildman–Crippen MR) is 125 cm³/mol. The maximum atomic E-state index is 14.7. The lowest BCUT2D eigenvalue weighted by atomic mass is 10.0. The summed E-state index contributed by atoms with van der Waals surface area (Å²) in [5, 5.41) is 11.3. The Morgan fingerprint density at radius 3 is 2.53 bits per heavy atom. The van der Waals surface area contributed by atoms with Crippen LogP contribution >= 0.6 is 0 Å². The molecular formula is C24H22F5N5O4. The third-order valence-electron chi connectivity index (χ3n) is 5.89. The Hall–Kier alpha value is -3.94. The van der Waals surface area contributed by atoms with E-state index in [-0.39, 0.29) is 29.8 Å². The number of pyridine rings is 3. The quantitative estimate of drug-likeness (QED) is 0.466. The van der Waals surface area contributed by atoms with E-state index in [1.807, 2.05) is 5.32 Å². The number of alkyl halides is 3. The molecule has 202 valence electrons. The number of aromatic nitrogens is 3. The molecule has 1 saturated heterocycles. The molecule has 3 aromatic rings. The monoisotopic (exact) mass is 539 g/mol. The van der Waals surface area contributed by atoms with Crippen molar-refractivity contribution in [3.05, 3.63) is 58.0 Å². The van der Waals surface area contributed by atoms with Crippen LogP contribution in [-0.4, -0.2) is 56.3 Å². The SMILES string of the molecule is CC(C)C[C@H](NC(=O)c1cn(-c2ncc(F)cc2F)c2nc(N3C[C@@H](O)CC3=O)ccc2c1=O)C(F)(F)F. The molecule has 1 aliphatic heterocycles. The Morgan fingerprint density at radius 2 is 1.95 bits per heavy atom. The molecular weight excluding hydrogens is 517 g/mol. The number of nitrogens with zero attached hydrogens (tertiary/aromatic N) is 4. The number of aliphatic hydroxyl groups excluding tert-OH is 1. The second-order valence-corrected chi connectivity index (χ2v) is 9.30. The average Bonchev–Trinajstić information content (AvgIpc) is 3.16. The molecule has 38 heavy (non-hydrogen) atoms. The van der Waals surface area contributed by atoms with Crippen molar-refractivity contribution in [2.24, 2.45) is 5.92 Å². The van der Waals surface area contributed by atoms with Gasteiger partial charge >= 0.3 is 6.18 Å². The minimum atomic E-state index is -4.80. The van der Waals surface area contributed by atoms with E-state index in [0.29, 0.717) is 12.3 Å². The summed E-state index contributed by atoms with van der Waals surface area (Å²) in [4.78, 5) is 47.4. The van der Waals surface area contributed by atoms with Crippen LogP contribution in [0, 0.1) is 17.6 Å². The number of nitrogens with one attached hydrogen (secondary N) is 1. The van der Waals surface area contributed by atoms with Gasteiger partial charge in [0.2, 0.25) is 11.3 Å². The molecule has 0 radical (unpaired) electrons. The van der Waals surface area contributed by atoms with Crippen molar-refractivity contribution in [1.82, 2.24) is 19.9 Å². The average molecular weight is 539 g/mol. The molecule has 1 fully saturated rings. The molecule has 14 heteroatoms. The zero-order chi connectivity index (χ0) is 27.9. The van der Waals surface area contributed by atoms with Crippen molar-refractivity contribution in [3.63, 3.8) is 0 Å². The lowest BCUT2D eigenvalue weighted by Gasteiger charge is -2.23. The standard InChI is InChI=1S/C24H22F5N5O4/c1-11(2)5-17(24(27,28)29)31-23(38)15-10-34(22-16(26)6-12(25)8-30-22)21-14(20(15)37)3-4-18(32-21)33-9-13(35)7-19(33)36/h3-4,6,8,10-11,13,17,35H,5,7,9H2,1-2H3,(H,31,38)/t13-,17-/m0/s1. The van der Waals surface area contributed by atoms with Crippen LogP contribution < -0.4 is 15.6 Å². The Balaban J connectivity index is 1.90. The summed E-state index contributed by atoms with van der Waals surface area (Å²) in [5.74, 6) is -5.13. The van der Waals surface area contributed by atoms with E-state index in [2.05, 4.69) is 9.97 Å². The van der Waals surface area contributed by atoms with Gasteiger partial charge in [0.25, 0.3) is 5.91 Å². The second kappa shape index (κ2) is 10.1. The first-order valence-corrected chi connectivity index (χ1v) is 11.5. The first kappa shape index (κ1) is 27.1. The molecule has 0 spiro atoms. The van der Waals surface area contributed by atoms with Gasteiger partial charge in [-0.15, -0.1) is 0 Å². The predicted octanol–water partition coefficient (Wildman–Crippen LogP) is 2.86. The van der Waals surface area contributed by atoms with Gasteiger partial charge in [-0.05, 0) is 24.5 Å². The number of halogens is 5. The van der Waals surface area contributed by atoms with Crippen LogP contribution in [0.5, 0.6) is 0 Å². The molecule has 4 rings (SSSR count). The number of amides is 2. The van der Waals surface area contributed by atoms with Gasteiger partial charge in [-0.2, -0.15) is 13.2 Å². The van der Waals surface area contributed by atoms with Crippen LogP contribution in [0.25, 0.3) is 16.9 Å². The van der Waals surface area contributed by atoms with E-state index >= 15 is 0 Å². The number of carbonyl (C=O) groups excluding carboxylic acids is 2. The molecule has 0 bridgehead atoms. The number of β-amino-alcohol motifs (C(OH)–C–C–N with tert-alkyl or cyclic N) is 1. The summed E-state index contributed by atoms with van der Waals surface area (Å²) in [6.07, 6.45) is -4.96. The van der Waals surface area contributed by atoms with E-state index < -0.39 is 70.9 Å². The molecule has 2 N–H and O–H groups in total. The Bertz CT molecular complexity index is 1470. The molecule has 1 aliphatic rings. The first-order chi connectivity index (χ1) is 17.8. The zero-order valence-electron chi connectivity index (χ0n) is 20.1. The van der Waals surface area contributed by atoms with Gasteiger partial charge in [-0.1, -0.05) is 13.8 Å². The molecule has 2 atom stereocenters. The zero-order valence-corrected chi connectivity index (χ0v) is 20.1. The van der Waals surface area contributed by atoms with Crippen LogP contribution in [0.3, 0.4) is 0 Å². The smallest absolute Gasteiger partial charge is 0.391 e. The minimum absolute atomic E-state index is 0.0130. The van der Waals surface area contributed by atoms with E-state index in [1.54, 1.807) is 0 Å². The van der Waals surface area contributed by atoms with Gasteiger partial charge in [-0.3, -0.25) is 23.9 Å². The van der Waals surface area contributed by atoms with Gasteiger partial charge < -0.3 is 10.4 Å². The fraction of sp³-hybridized carbons (Fsp3) is 0.375. The number of anilines is 1. The molecule has 4 heterocycles. The summed E-state index contributed by atoms with van der Waals surface area (Å²) in [6.45, 7) is 2.97. The molecule has 2 amide bonds. The molecule has 0 saturated carbocycles. The highest BCUT2D eigenvalue weighted by Gasteiger charge is 2.41. The summed E-state index contributed by atoms with van der Waals surface area (Å²) >= 11 is 0. The number of aliphatic hydroxyl groups is 1. The number of hydrogen-bond donors (Lipinski definition) is 2. The van der Waals surface area contributed by atoms with Crippen LogP contribution in [0.4, 0.5) is 27.8 Å². The van der Waals surface area contributed by atoms with Gasteiger partial charge in [0.05, 0.1) is 30.7 Å². The minimum Gasteiger partial charge on any atom is -0.391 e. The Labute approximate surface area is 211 Å². The summed E-state index contributed by atoms with van der Waals surface area (Å²) in [5.41, 5.74) is -2.07. The fourth-order valence-corrected chi connectivity index (χ4v) is 4.14. The molecule has 0 aromatic carbocycles. The number of carbonyl (C=O) groups is 2. The van der Waals surface area contributed by atoms with Gasteiger partial charge in [0.1, 0.15) is 23.2 Å². The summed E-state index contributed by atoms with van der Waals surface area (Å²) in [6, 6.07) is 0.644. The maximum Gasteiger partial charge on any atom is 0.408 e. The number of fused-ring (bicyclic) bond motifs is 1. The maximum absolute atomic E-state index is 14.7. The van der Waals surface area contributed by atoms with Crippen molar-refractivity contribution < 1.29 is 36.6 Å². The molecule has 3 aromatic heterocycles. The fourth-order valence-electron chi connectivity index (χ4n) is 4.14. The third kappa shape index (κ3) is 5.35. The normalized spacial score (nSPS) is 16.9. The van der Waals surface area contributed by atoms with Crippen LogP contribution in [0.1, 0.15) is 37.0 Å². The van der Waals surface area contributed by atoms with E-state index in [0.717, 1.165) is 15.7 Å². The summed E-state index contributed by atoms with van der Waals surface area (Å²) < 4.78 is 69.7. The third-order valence-corrected chi connectivity index (χ3v) is 5.89. The first-order valence-electron chi connectivity index (χ1n) is 11.5. The van der Waals surface area contributed by atoms with Crippen molar-refractivity contribution in [2.75, 3.05) is 11.4 Å². The summed E-state index contributed by atoms with van der Waals surface area (Å²) in [7, 11) is 0. The lowest BCUT2D eigenvalue weighted by Crippen LogP contribution is -2.47. The molecule has 0 unspecified atom stereocenters. The Morgan fingerprint density at radius 1 is 1.24 bits per heavy atom. The van der Waals surface area contributed by atoms with Crippen molar-refractivity contribution in [1.29, 1.82) is 0 Å². The molecule has 0 aliphatic carbocycles.